The monoisotopic (exact) mass is 172 g/mol. The second-order valence-corrected chi connectivity index (χ2v) is 3.59. The first kappa shape index (κ1) is 9.96. The maximum atomic E-state index is 9.37. The van der Waals surface area contributed by atoms with Gasteiger partial charge in [0, 0.05) is 6.54 Å². The first-order valence-corrected chi connectivity index (χ1v) is 4.93. The van der Waals surface area contributed by atoms with Crippen molar-refractivity contribution in [2.24, 2.45) is 5.73 Å². The summed E-state index contributed by atoms with van der Waals surface area (Å²) in [7, 11) is 0. The normalized spacial score (nSPS) is 26.0. The van der Waals surface area contributed by atoms with Gasteiger partial charge in [0.25, 0.3) is 0 Å². The molecule has 3 N–H and O–H groups in total. The number of likely N-dealkylation sites (tertiary alicyclic amines) is 1. The number of aliphatic hydroxyl groups is 1. The molecule has 1 heterocycles. The summed E-state index contributed by atoms with van der Waals surface area (Å²) in [4.78, 5) is 2.34. The van der Waals surface area contributed by atoms with Gasteiger partial charge in [0.1, 0.15) is 0 Å². The molecule has 1 saturated heterocycles. The second-order valence-electron chi connectivity index (χ2n) is 3.59. The van der Waals surface area contributed by atoms with Gasteiger partial charge in [-0.25, -0.2) is 0 Å². The first-order valence-electron chi connectivity index (χ1n) is 4.93. The van der Waals surface area contributed by atoms with E-state index in [9.17, 15) is 5.11 Å². The summed E-state index contributed by atoms with van der Waals surface area (Å²) in [5.74, 6) is 0. The lowest BCUT2D eigenvalue weighted by Gasteiger charge is -2.29. The van der Waals surface area contributed by atoms with Gasteiger partial charge in [-0.1, -0.05) is 0 Å². The summed E-state index contributed by atoms with van der Waals surface area (Å²) in [5, 5.41) is 9.37. The molecule has 0 aliphatic carbocycles. The molecule has 12 heavy (non-hydrogen) atoms. The fraction of sp³-hybridized carbons (Fsp3) is 1.00. The van der Waals surface area contributed by atoms with Crippen molar-refractivity contribution in [3.8, 4) is 0 Å². The van der Waals surface area contributed by atoms with Crippen molar-refractivity contribution in [2.75, 3.05) is 26.2 Å². The van der Waals surface area contributed by atoms with Crippen LogP contribution in [0.2, 0.25) is 0 Å². The van der Waals surface area contributed by atoms with Crippen molar-refractivity contribution < 1.29 is 5.11 Å². The van der Waals surface area contributed by atoms with Crippen LogP contribution in [-0.2, 0) is 0 Å². The zero-order valence-corrected chi connectivity index (χ0v) is 7.71. The van der Waals surface area contributed by atoms with Crippen molar-refractivity contribution >= 4 is 0 Å². The third-order valence-corrected chi connectivity index (χ3v) is 2.41. The first-order chi connectivity index (χ1) is 5.83. The third-order valence-electron chi connectivity index (χ3n) is 2.41. The van der Waals surface area contributed by atoms with Crippen LogP contribution in [0, 0.1) is 0 Å². The average Bonchev–Trinajstić information content (AvgIpc) is 2.05. The Hall–Kier alpha value is -0.120. The highest BCUT2D eigenvalue weighted by molar-refractivity contribution is 4.71. The van der Waals surface area contributed by atoms with Crippen LogP contribution in [0.15, 0.2) is 0 Å². The Morgan fingerprint density at radius 1 is 1.42 bits per heavy atom. The van der Waals surface area contributed by atoms with E-state index in [4.69, 9.17) is 5.73 Å². The Bertz CT molecular complexity index is 119. The summed E-state index contributed by atoms with van der Waals surface area (Å²) in [6.07, 6.45) is 4.31. The number of rotatable bonds is 4. The summed E-state index contributed by atoms with van der Waals surface area (Å²) in [6.45, 7) is 3.91. The number of β-amino-alcohol motifs (C(OH)–C–C–N with tert-alkyl or cyclic N) is 1. The summed E-state index contributed by atoms with van der Waals surface area (Å²) in [5.41, 5.74) is 5.40. The number of nitrogens with zero attached hydrogens (tertiary/aromatic N) is 1. The van der Waals surface area contributed by atoms with Crippen molar-refractivity contribution in [3.05, 3.63) is 0 Å². The summed E-state index contributed by atoms with van der Waals surface area (Å²) < 4.78 is 0. The van der Waals surface area contributed by atoms with Crippen molar-refractivity contribution in [2.45, 2.75) is 31.8 Å². The molecule has 1 aliphatic heterocycles. The Morgan fingerprint density at radius 3 is 2.92 bits per heavy atom. The molecule has 1 aliphatic rings. The minimum Gasteiger partial charge on any atom is -0.392 e. The maximum absolute atomic E-state index is 9.37. The highest BCUT2D eigenvalue weighted by atomic mass is 16.3. The smallest absolute Gasteiger partial charge is 0.0667 e. The van der Waals surface area contributed by atoms with Gasteiger partial charge in [0.2, 0.25) is 0 Å². The van der Waals surface area contributed by atoms with Gasteiger partial charge >= 0.3 is 0 Å². The molecular weight excluding hydrogens is 152 g/mol. The van der Waals surface area contributed by atoms with Crippen molar-refractivity contribution in [1.82, 2.24) is 4.90 Å². The average molecular weight is 172 g/mol. The van der Waals surface area contributed by atoms with Gasteiger partial charge < -0.3 is 15.7 Å². The summed E-state index contributed by atoms with van der Waals surface area (Å²) >= 11 is 0. The number of hydrogen-bond donors (Lipinski definition) is 2. The van der Waals surface area contributed by atoms with Crippen molar-refractivity contribution in [3.63, 3.8) is 0 Å². The topological polar surface area (TPSA) is 49.5 Å². The Morgan fingerprint density at radius 2 is 2.25 bits per heavy atom. The Balaban J connectivity index is 2.06. The number of unbranched alkanes of at least 4 members (excludes halogenated alkanes) is 1. The second kappa shape index (κ2) is 5.51. The zero-order valence-electron chi connectivity index (χ0n) is 7.71. The highest BCUT2D eigenvalue weighted by Crippen LogP contribution is 2.09. The lowest BCUT2D eigenvalue weighted by molar-refractivity contribution is 0.0700. The van der Waals surface area contributed by atoms with E-state index in [-0.39, 0.29) is 6.10 Å². The molecule has 0 aromatic heterocycles. The number of piperidine rings is 1. The van der Waals surface area contributed by atoms with E-state index in [0.717, 1.165) is 45.4 Å². The SMILES string of the molecule is NCCCCN1CCC[C@H](O)C1. The van der Waals surface area contributed by atoms with Gasteiger partial charge in [0.15, 0.2) is 0 Å². The largest absolute Gasteiger partial charge is 0.392 e. The van der Waals surface area contributed by atoms with E-state index in [1.54, 1.807) is 0 Å². The highest BCUT2D eigenvalue weighted by Gasteiger charge is 2.16. The molecule has 0 aromatic rings. The fourth-order valence-corrected chi connectivity index (χ4v) is 1.71. The molecule has 0 amide bonds. The Labute approximate surface area is 74.5 Å². The molecule has 3 nitrogen and oxygen atoms in total. The van der Waals surface area contributed by atoms with E-state index in [1.807, 2.05) is 0 Å². The minimum absolute atomic E-state index is 0.0865. The zero-order chi connectivity index (χ0) is 8.81. The third kappa shape index (κ3) is 3.52. The molecular formula is C9H20N2O. The molecule has 0 aromatic carbocycles. The van der Waals surface area contributed by atoms with Crippen LogP contribution in [0.5, 0.6) is 0 Å². The maximum Gasteiger partial charge on any atom is 0.0667 e. The van der Waals surface area contributed by atoms with Gasteiger partial charge in [-0.3, -0.25) is 0 Å². The number of hydrogen-bond acceptors (Lipinski definition) is 3. The lowest BCUT2D eigenvalue weighted by Crippen LogP contribution is -2.38. The van der Waals surface area contributed by atoms with E-state index in [2.05, 4.69) is 4.90 Å². The van der Waals surface area contributed by atoms with E-state index in [1.165, 1.54) is 6.42 Å². The molecule has 0 bridgehead atoms. The van der Waals surface area contributed by atoms with Gasteiger partial charge in [0.05, 0.1) is 6.10 Å². The molecule has 0 spiro atoms. The molecule has 3 heteroatoms. The molecule has 0 unspecified atom stereocenters. The van der Waals surface area contributed by atoms with Crippen LogP contribution >= 0.6 is 0 Å². The predicted octanol–water partition coefficient (Wildman–Crippen LogP) is 0.182. The van der Waals surface area contributed by atoms with Crippen LogP contribution in [0.3, 0.4) is 0 Å². The predicted molar refractivity (Wildman–Crippen MR) is 50.0 cm³/mol. The molecule has 1 atom stereocenters. The number of aliphatic hydroxyl groups excluding tert-OH is 1. The van der Waals surface area contributed by atoms with E-state index >= 15 is 0 Å². The van der Waals surface area contributed by atoms with Crippen LogP contribution in [0.25, 0.3) is 0 Å². The van der Waals surface area contributed by atoms with Gasteiger partial charge in [-0.05, 0) is 45.3 Å². The van der Waals surface area contributed by atoms with Crippen LogP contribution < -0.4 is 5.73 Å². The quantitative estimate of drug-likeness (QED) is 0.595. The van der Waals surface area contributed by atoms with Crippen LogP contribution in [-0.4, -0.2) is 42.3 Å². The van der Waals surface area contributed by atoms with E-state index < -0.39 is 0 Å². The summed E-state index contributed by atoms with van der Waals surface area (Å²) in [6, 6.07) is 0. The Kier molecular flexibility index (Phi) is 4.58. The molecule has 1 fully saturated rings. The minimum atomic E-state index is -0.0865. The molecule has 0 saturated carbocycles. The van der Waals surface area contributed by atoms with Crippen LogP contribution in [0.4, 0.5) is 0 Å². The molecule has 72 valence electrons. The molecule has 1 rings (SSSR count). The lowest BCUT2D eigenvalue weighted by atomic mass is 10.1. The van der Waals surface area contributed by atoms with Gasteiger partial charge in [-0.15, -0.1) is 0 Å². The van der Waals surface area contributed by atoms with Crippen molar-refractivity contribution in [1.29, 1.82) is 0 Å². The molecule has 0 radical (unpaired) electrons. The number of nitrogens with two attached hydrogens (primary N) is 1. The fourth-order valence-electron chi connectivity index (χ4n) is 1.71. The van der Waals surface area contributed by atoms with Gasteiger partial charge in [-0.2, -0.15) is 0 Å². The standard InChI is InChI=1S/C9H20N2O/c10-5-1-2-6-11-7-3-4-9(12)8-11/h9,12H,1-8,10H2/t9-/m0/s1. The van der Waals surface area contributed by atoms with Crippen LogP contribution in [0.1, 0.15) is 25.7 Å². The van der Waals surface area contributed by atoms with E-state index in [0.29, 0.717) is 0 Å².